The van der Waals surface area contributed by atoms with Gasteiger partial charge >= 0.3 is 5.97 Å². The van der Waals surface area contributed by atoms with E-state index in [0.29, 0.717) is 11.1 Å². The molecule has 6 heteroatoms. The quantitative estimate of drug-likeness (QED) is 0.880. The van der Waals surface area contributed by atoms with E-state index in [1.807, 2.05) is 11.8 Å². The first kappa shape index (κ1) is 12.2. The van der Waals surface area contributed by atoms with Gasteiger partial charge in [0.15, 0.2) is 5.69 Å². The molecule has 0 radical (unpaired) electrons. The zero-order valence-electron chi connectivity index (χ0n) is 9.67. The van der Waals surface area contributed by atoms with E-state index in [-0.39, 0.29) is 5.69 Å². The van der Waals surface area contributed by atoms with Crippen molar-refractivity contribution in [3.63, 3.8) is 0 Å². The van der Waals surface area contributed by atoms with E-state index in [4.69, 9.17) is 5.11 Å². The number of aromatic carboxylic acids is 1. The fourth-order valence-electron chi connectivity index (χ4n) is 1.79. The van der Waals surface area contributed by atoms with Gasteiger partial charge in [-0.05, 0) is 6.42 Å². The molecule has 0 aromatic carbocycles. The van der Waals surface area contributed by atoms with E-state index in [9.17, 15) is 4.79 Å². The molecule has 1 saturated heterocycles. The van der Waals surface area contributed by atoms with E-state index in [1.54, 1.807) is 6.20 Å². The van der Waals surface area contributed by atoms with E-state index in [1.165, 1.54) is 6.20 Å². The van der Waals surface area contributed by atoms with Crippen molar-refractivity contribution in [2.45, 2.75) is 18.6 Å². The minimum Gasteiger partial charge on any atom is -0.476 e. The minimum absolute atomic E-state index is 0.00813. The maximum absolute atomic E-state index is 10.8. The monoisotopic (exact) mass is 253 g/mol. The maximum atomic E-state index is 10.8. The molecule has 2 rings (SSSR count). The Morgan fingerprint density at radius 2 is 2.47 bits per heavy atom. The van der Waals surface area contributed by atoms with Crippen LogP contribution in [0.2, 0.25) is 0 Å². The van der Waals surface area contributed by atoms with Crippen molar-refractivity contribution in [3.8, 4) is 0 Å². The van der Waals surface area contributed by atoms with Gasteiger partial charge in [-0.1, -0.05) is 6.92 Å². The van der Waals surface area contributed by atoms with Crippen LogP contribution in [0.25, 0.3) is 0 Å². The van der Waals surface area contributed by atoms with Crippen LogP contribution < -0.4 is 4.90 Å². The van der Waals surface area contributed by atoms with Crippen LogP contribution in [-0.2, 0) is 0 Å². The highest BCUT2D eigenvalue weighted by molar-refractivity contribution is 8.00. The number of rotatable bonds is 3. The standard InChI is InChI=1S/C11H15N3O2S/c1-2-8-7-14(3-4-17-8)10-6-12-5-9(13-10)11(15)16/h5-6,8H,2-4,7H2,1H3,(H,15,16). The van der Waals surface area contributed by atoms with Crippen molar-refractivity contribution < 1.29 is 9.90 Å². The summed E-state index contributed by atoms with van der Waals surface area (Å²) in [7, 11) is 0. The molecule has 17 heavy (non-hydrogen) atoms. The van der Waals surface area contributed by atoms with Gasteiger partial charge in [0.2, 0.25) is 0 Å². The summed E-state index contributed by atoms with van der Waals surface area (Å²) >= 11 is 1.97. The lowest BCUT2D eigenvalue weighted by atomic mass is 10.3. The number of hydrogen-bond donors (Lipinski definition) is 1. The number of carbonyl (C=O) groups is 1. The van der Waals surface area contributed by atoms with Crippen LogP contribution in [0.4, 0.5) is 5.82 Å². The normalized spacial score (nSPS) is 20.3. The fourth-order valence-corrected chi connectivity index (χ4v) is 2.97. The van der Waals surface area contributed by atoms with Gasteiger partial charge in [0.05, 0.1) is 12.4 Å². The lowest BCUT2D eigenvalue weighted by Gasteiger charge is -2.32. The molecule has 0 bridgehead atoms. The fraction of sp³-hybridized carbons (Fsp3) is 0.545. The Labute approximate surface area is 104 Å². The maximum Gasteiger partial charge on any atom is 0.356 e. The molecule has 0 amide bonds. The lowest BCUT2D eigenvalue weighted by molar-refractivity contribution is 0.0690. The number of thioether (sulfide) groups is 1. The molecule has 1 atom stereocenters. The number of hydrogen-bond acceptors (Lipinski definition) is 5. The first-order valence-electron chi connectivity index (χ1n) is 5.62. The van der Waals surface area contributed by atoms with Crippen molar-refractivity contribution in [1.29, 1.82) is 0 Å². The van der Waals surface area contributed by atoms with Gasteiger partial charge in [-0.2, -0.15) is 11.8 Å². The van der Waals surface area contributed by atoms with Crippen LogP contribution in [0.15, 0.2) is 12.4 Å². The third-order valence-corrected chi connectivity index (χ3v) is 4.13. The van der Waals surface area contributed by atoms with Gasteiger partial charge in [-0.3, -0.25) is 4.98 Å². The van der Waals surface area contributed by atoms with E-state index >= 15 is 0 Å². The first-order valence-corrected chi connectivity index (χ1v) is 6.67. The van der Waals surface area contributed by atoms with Crippen molar-refractivity contribution in [2.75, 3.05) is 23.7 Å². The molecule has 1 aromatic heterocycles. The van der Waals surface area contributed by atoms with Crippen LogP contribution >= 0.6 is 11.8 Å². The Balaban J connectivity index is 2.16. The van der Waals surface area contributed by atoms with Crippen molar-refractivity contribution in [1.82, 2.24) is 9.97 Å². The van der Waals surface area contributed by atoms with Gasteiger partial charge in [0.1, 0.15) is 5.82 Å². The molecule has 1 N–H and O–H groups in total. The largest absolute Gasteiger partial charge is 0.476 e. The van der Waals surface area contributed by atoms with Crippen LogP contribution in [0, 0.1) is 0 Å². The highest BCUT2D eigenvalue weighted by atomic mass is 32.2. The highest BCUT2D eigenvalue weighted by Gasteiger charge is 2.20. The molecule has 1 fully saturated rings. The van der Waals surface area contributed by atoms with Gasteiger partial charge in [0.25, 0.3) is 0 Å². The predicted molar refractivity (Wildman–Crippen MR) is 67.7 cm³/mol. The summed E-state index contributed by atoms with van der Waals surface area (Å²) in [5.74, 6) is 0.693. The molecule has 0 aliphatic carbocycles. The smallest absolute Gasteiger partial charge is 0.356 e. The van der Waals surface area contributed by atoms with Crippen LogP contribution in [0.5, 0.6) is 0 Å². The van der Waals surface area contributed by atoms with Crippen LogP contribution in [0.1, 0.15) is 23.8 Å². The average Bonchev–Trinajstić information content (AvgIpc) is 2.39. The lowest BCUT2D eigenvalue weighted by Crippen LogP contribution is -2.38. The summed E-state index contributed by atoms with van der Waals surface area (Å²) < 4.78 is 0. The predicted octanol–water partition coefficient (Wildman–Crippen LogP) is 1.51. The zero-order chi connectivity index (χ0) is 12.3. The topological polar surface area (TPSA) is 66.3 Å². The third-order valence-electron chi connectivity index (χ3n) is 2.76. The molecule has 2 heterocycles. The second kappa shape index (κ2) is 5.35. The van der Waals surface area contributed by atoms with Gasteiger partial charge < -0.3 is 10.0 Å². The molecular weight excluding hydrogens is 238 g/mol. The Morgan fingerprint density at radius 3 is 3.18 bits per heavy atom. The summed E-state index contributed by atoms with van der Waals surface area (Å²) in [6, 6.07) is 0. The molecule has 1 unspecified atom stereocenters. The van der Waals surface area contributed by atoms with Crippen molar-refractivity contribution in [3.05, 3.63) is 18.1 Å². The third kappa shape index (κ3) is 2.88. The molecule has 0 spiro atoms. The number of nitrogens with zero attached hydrogens (tertiary/aromatic N) is 3. The Kier molecular flexibility index (Phi) is 3.83. The van der Waals surface area contributed by atoms with Gasteiger partial charge in [0, 0.05) is 24.1 Å². The van der Waals surface area contributed by atoms with Gasteiger partial charge in [-0.15, -0.1) is 0 Å². The SMILES string of the molecule is CCC1CN(c2cncc(C(=O)O)n2)CCS1. The zero-order valence-corrected chi connectivity index (χ0v) is 10.5. The first-order chi connectivity index (χ1) is 8.20. The van der Waals surface area contributed by atoms with E-state index in [0.717, 1.165) is 25.3 Å². The summed E-state index contributed by atoms with van der Waals surface area (Å²) in [4.78, 5) is 21.0. The molecule has 1 aliphatic rings. The molecule has 1 aromatic rings. The average molecular weight is 253 g/mol. The molecule has 5 nitrogen and oxygen atoms in total. The minimum atomic E-state index is -1.03. The van der Waals surface area contributed by atoms with Crippen molar-refractivity contribution >= 4 is 23.5 Å². The number of aromatic nitrogens is 2. The molecule has 1 aliphatic heterocycles. The Morgan fingerprint density at radius 1 is 1.65 bits per heavy atom. The van der Waals surface area contributed by atoms with Crippen LogP contribution in [-0.4, -0.2) is 45.1 Å². The Bertz CT molecular complexity index is 413. The number of carboxylic acids is 1. The second-order valence-electron chi connectivity index (χ2n) is 3.91. The van der Waals surface area contributed by atoms with E-state index < -0.39 is 5.97 Å². The molecular formula is C11H15N3O2S. The Hall–Kier alpha value is -1.30. The summed E-state index contributed by atoms with van der Waals surface area (Å²) in [6.07, 6.45) is 4.03. The van der Waals surface area contributed by atoms with E-state index in [2.05, 4.69) is 21.8 Å². The summed E-state index contributed by atoms with van der Waals surface area (Å²) in [6.45, 7) is 3.98. The number of carboxylic acid groups (broad SMARTS) is 1. The molecule has 0 saturated carbocycles. The second-order valence-corrected chi connectivity index (χ2v) is 5.32. The highest BCUT2D eigenvalue weighted by Crippen LogP contribution is 2.24. The molecule has 92 valence electrons. The van der Waals surface area contributed by atoms with Crippen molar-refractivity contribution in [2.24, 2.45) is 0 Å². The summed E-state index contributed by atoms with van der Waals surface area (Å²) in [5.41, 5.74) is 0.00813. The number of anilines is 1. The van der Waals surface area contributed by atoms with Crippen LogP contribution in [0.3, 0.4) is 0 Å². The summed E-state index contributed by atoms with van der Waals surface area (Å²) in [5, 5.41) is 9.48. The van der Waals surface area contributed by atoms with Gasteiger partial charge in [-0.25, -0.2) is 9.78 Å².